The highest BCUT2D eigenvalue weighted by Gasteiger charge is 2.33. The van der Waals surface area contributed by atoms with Crippen LogP contribution in [0.15, 0.2) is 54.6 Å². The Bertz CT molecular complexity index is 707. The minimum absolute atomic E-state index is 0.0590. The van der Waals surface area contributed by atoms with Gasteiger partial charge in [-0.15, -0.1) is 6.58 Å². The van der Waals surface area contributed by atoms with Crippen LogP contribution in [0.3, 0.4) is 0 Å². The van der Waals surface area contributed by atoms with E-state index < -0.39 is 9.84 Å². The topological polar surface area (TPSA) is 54.5 Å². The molecule has 24 heavy (non-hydrogen) atoms. The molecular weight excluding hydrogens is 322 g/mol. The Morgan fingerprint density at radius 2 is 2.04 bits per heavy atom. The Kier molecular flexibility index (Phi) is 6.37. The van der Waals surface area contributed by atoms with Gasteiger partial charge in [0.1, 0.15) is 0 Å². The molecule has 1 heterocycles. The zero-order chi connectivity index (χ0) is 17.6. The fraction of sp³-hybridized carbons (Fsp3) is 0.421. The van der Waals surface area contributed by atoms with E-state index in [4.69, 9.17) is 0 Å². The molecule has 1 aliphatic heterocycles. The van der Waals surface area contributed by atoms with Crippen molar-refractivity contribution in [1.29, 1.82) is 0 Å². The summed E-state index contributed by atoms with van der Waals surface area (Å²) in [5.74, 6) is 0.0984. The Labute approximate surface area is 144 Å². The molecule has 1 amide bonds. The lowest BCUT2D eigenvalue weighted by molar-refractivity contribution is -0.127. The second-order valence-corrected chi connectivity index (χ2v) is 8.54. The summed E-state index contributed by atoms with van der Waals surface area (Å²) >= 11 is 0. The molecule has 1 fully saturated rings. The number of benzene rings is 1. The number of nitrogens with zero attached hydrogens (tertiary/aromatic N) is 1. The number of carbonyl (C=O) groups is 1. The van der Waals surface area contributed by atoms with Crippen molar-refractivity contribution in [2.45, 2.75) is 32.2 Å². The summed E-state index contributed by atoms with van der Waals surface area (Å²) in [6.45, 7) is 6.00. The molecule has 1 saturated heterocycles. The van der Waals surface area contributed by atoms with Gasteiger partial charge in [0.2, 0.25) is 5.91 Å². The molecular formula is C19H25NO3S. The van der Waals surface area contributed by atoms with E-state index in [0.717, 1.165) is 18.4 Å². The van der Waals surface area contributed by atoms with Gasteiger partial charge in [0, 0.05) is 18.7 Å². The highest BCUT2D eigenvalue weighted by molar-refractivity contribution is 7.91. The second-order valence-electron chi connectivity index (χ2n) is 6.31. The molecule has 2 rings (SSSR count). The van der Waals surface area contributed by atoms with E-state index >= 15 is 0 Å². The monoisotopic (exact) mass is 347 g/mol. The van der Waals surface area contributed by atoms with Gasteiger partial charge in [-0.2, -0.15) is 0 Å². The molecule has 1 aromatic carbocycles. The number of sulfone groups is 1. The summed E-state index contributed by atoms with van der Waals surface area (Å²) in [6, 6.07) is 9.90. The van der Waals surface area contributed by atoms with Gasteiger partial charge in [-0.25, -0.2) is 8.42 Å². The molecule has 130 valence electrons. The molecule has 1 aliphatic rings. The second kappa shape index (κ2) is 8.29. The largest absolute Gasteiger partial charge is 0.331 e. The SMILES string of the molecule is C=CCN(C(=O)/C=C(\C)CCc1ccccc1)[C@@H]1CCS(=O)(=O)C1. The molecule has 4 nitrogen and oxygen atoms in total. The van der Waals surface area contributed by atoms with Crippen molar-refractivity contribution in [3.8, 4) is 0 Å². The molecule has 0 saturated carbocycles. The van der Waals surface area contributed by atoms with Gasteiger partial charge in [-0.3, -0.25) is 4.79 Å². The zero-order valence-electron chi connectivity index (χ0n) is 14.1. The maximum absolute atomic E-state index is 12.6. The van der Waals surface area contributed by atoms with Crippen LogP contribution in [0, 0.1) is 0 Å². The van der Waals surface area contributed by atoms with Crippen LogP contribution in [0.1, 0.15) is 25.3 Å². The standard InChI is InChI=1S/C19H25NO3S/c1-3-12-20(18-11-13-24(22,23)15-18)19(21)14-16(2)9-10-17-7-5-4-6-8-17/h3-8,14,18H,1,9-13,15H2,2H3/b16-14+/t18-/m1/s1. The normalized spacial score (nSPS) is 19.9. The van der Waals surface area contributed by atoms with E-state index in [1.165, 1.54) is 5.56 Å². The summed E-state index contributed by atoms with van der Waals surface area (Å²) < 4.78 is 23.3. The molecule has 0 radical (unpaired) electrons. The summed E-state index contributed by atoms with van der Waals surface area (Å²) in [5.41, 5.74) is 2.24. The van der Waals surface area contributed by atoms with E-state index in [0.29, 0.717) is 13.0 Å². The molecule has 1 atom stereocenters. The van der Waals surface area contributed by atoms with Crippen LogP contribution in [0.4, 0.5) is 0 Å². The minimum Gasteiger partial charge on any atom is -0.331 e. The maximum atomic E-state index is 12.6. The lowest BCUT2D eigenvalue weighted by Gasteiger charge is -2.26. The summed E-state index contributed by atoms with van der Waals surface area (Å²) in [6.07, 6.45) is 5.49. The van der Waals surface area contributed by atoms with E-state index in [9.17, 15) is 13.2 Å². The van der Waals surface area contributed by atoms with Gasteiger partial charge in [-0.05, 0) is 31.7 Å². The van der Waals surface area contributed by atoms with E-state index in [2.05, 4.69) is 18.7 Å². The van der Waals surface area contributed by atoms with Crippen LogP contribution in [0.25, 0.3) is 0 Å². The number of aryl methyl sites for hydroxylation is 1. The molecule has 0 unspecified atom stereocenters. The Balaban J connectivity index is 1.99. The van der Waals surface area contributed by atoms with Crippen LogP contribution in [0.5, 0.6) is 0 Å². The van der Waals surface area contributed by atoms with Crippen molar-refractivity contribution in [3.05, 3.63) is 60.2 Å². The molecule has 1 aromatic rings. The molecule has 0 N–H and O–H groups in total. The lowest BCUT2D eigenvalue weighted by atomic mass is 10.1. The van der Waals surface area contributed by atoms with Crippen molar-refractivity contribution in [2.24, 2.45) is 0 Å². The Morgan fingerprint density at radius 1 is 1.33 bits per heavy atom. The van der Waals surface area contributed by atoms with Crippen molar-refractivity contribution in [3.63, 3.8) is 0 Å². The highest BCUT2D eigenvalue weighted by atomic mass is 32.2. The number of amides is 1. The van der Waals surface area contributed by atoms with E-state index in [1.54, 1.807) is 17.1 Å². The highest BCUT2D eigenvalue weighted by Crippen LogP contribution is 2.19. The predicted octanol–water partition coefficient (Wildman–Crippen LogP) is 2.77. The lowest BCUT2D eigenvalue weighted by Crippen LogP contribution is -2.40. The summed E-state index contributed by atoms with van der Waals surface area (Å²) in [7, 11) is -3.02. The quantitative estimate of drug-likeness (QED) is 0.563. The number of hydrogen-bond donors (Lipinski definition) is 0. The third-order valence-corrected chi connectivity index (χ3v) is 6.03. The van der Waals surface area contributed by atoms with Gasteiger partial charge in [0.25, 0.3) is 0 Å². The van der Waals surface area contributed by atoms with Gasteiger partial charge >= 0.3 is 0 Å². The molecule has 0 spiro atoms. The molecule has 0 bridgehead atoms. The molecule has 0 aromatic heterocycles. The van der Waals surface area contributed by atoms with Crippen LogP contribution >= 0.6 is 0 Å². The third kappa shape index (κ3) is 5.34. The van der Waals surface area contributed by atoms with Crippen molar-refractivity contribution in [1.82, 2.24) is 4.90 Å². The maximum Gasteiger partial charge on any atom is 0.247 e. The number of hydrogen-bond acceptors (Lipinski definition) is 3. The fourth-order valence-corrected chi connectivity index (χ4v) is 4.66. The number of carbonyl (C=O) groups excluding carboxylic acids is 1. The average Bonchev–Trinajstić information content (AvgIpc) is 2.91. The van der Waals surface area contributed by atoms with E-state index in [1.807, 2.05) is 25.1 Å². The van der Waals surface area contributed by atoms with Crippen LogP contribution in [0.2, 0.25) is 0 Å². The third-order valence-electron chi connectivity index (χ3n) is 4.28. The van der Waals surface area contributed by atoms with Crippen LogP contribution < -0.4 is 0 Å². The first-order chi connectivity index (χ1) is 11.4. The van der Waals surface area contributed by atoms with Gasteiger partial charge < -0.3 is 4.90 Å². The summed E-state index contributed by atoms with van der Waals surface area (Å²) in [5, 5.41) is 0. The molecule has 0 aliphatic carbocycles. The first kappa shape index (κ1) is 18.5. The van der Waals surface area contributed by atoms with Crippen molar-refractivity contribution >= 4 is 15.7 Å². The first-order valence-corrected chi connectivity index (χ1v) is 10.1. The van der Waals surface area contributed by atoms with Crippen LogP contribution in [-0.2, 0) is 21.1 Å². The van der Waals surface area contributed by atoms with Gasteiger partial charge in [0.05, 0.1) is 11.5 Å². The summed E-state index contributed by atoms with van der Waals surface area (Å²) in [4.78, 5) is 14.2. The van der Waals surface area contributed by atoms with Gasteiger partial charge in [0.15, 0.2) is 9.84 Å². The predicted molar refractivity (Wildman–Crippen MR) is 97.5 cm³/mol. The van der Waals surface area contributed by atoms with Crippen LogP contribution in [-0.4, -0.2) is 43.3 Å². The number of allylic oxidation sites excluding steroid dienone is 1. The smallest absolute Gasteiger partial charge is 0.247 e. The Morgan fingerprint density at radius 3 is 2.62 bits per heavy atom. The van der Waals surface area contributed by atoms with Crippen molar-refractivity contribution < 1.29 is 13.2 Å². The van der Waals surface area contributed by atoms with E-state index in [-0.39, 0.29) is 23.5 Å². The number of rotatable bonds is 7. The zero-order valence-corrected chi connectivity index (χ0v) is 15.0. The van der Waals surface area contributed by atoms with Gasteiger partial charge in [-0.1, -0.05) is 42.0 Å². The average molecular weight is 347 g/mol. The minimum atomic E-state index is -3.02. The first-order valence-electron chi connectivity index (χ1n) is 8.24. The molecule has 5 heteroatoms. The Hall–Kier alpha value is -1.88. The fourth-order valence-electron chi connectivity index (χ4n) is 2.93. The van der Waals surface area contributed by atoms with Crippen molar-refractivity contribution in [2.75, 3.05) is 18.1 Å².